The molecule has 0 saturated carbocycles. The van der Waals surface area contributed by atoms with Gasteiger partial charge in [-0.15, -0.1) is 11.3 Å². The molecule has 158 valence electrons. The van der Waals surface area contributed by atoms with Crippen LogP contribution in [-0.4, -0.2) is 26.8 Å². The Bertz CT molecular complexity index is 1110. The van der Waals surface area contributed by atoms with Crippen molar-refractivity contribution in [3.63, 3.8) is 0 Å². The van der Waals surface area contributed by atoms with Crippen LogP contribution in [0.2, 0.25) is 5.02 Å². The summed E-state index contributed by atoms with van der Waals surface area (Å²) in [6.45, 7) is 0.0257. The lowest BCUT2D eigenvalue weighted by molar-refractivity contribution is -0.135. The van der Waals surface area contributed by atoms with Gasteiger partial charge in [0.05, 0.1) is 12.2 Å². The van der Waals surface area contributed by atoms with Gasteiger partial charge in [0.2, 0.25) is 0 Å². The van der Waals surface area contributed by atoms with E-state index in [4.69, 9.17) is 16.7 Å². The number of hydrogen-bond donors (Lipinski definition) is 1. The standard InChI is InChI=1S/C20H16ClF3N2O3S/c21-14-5-3-13(4-6-14)15-9-18(27)26(10-12-8-16(19(28)29)30-11-12)17(25-15)2-1-7-20(22,23)24/h3-6,8-9,11H,1-2,7,10H2,(H,28,29). The highest BCUT2D eigenvalue weighted by atomic mass is 35.5. The number of carboxylic acid groups (broad SMARTS) is 1. The van der Waals surface area contributed by atoms with Crippen molar-refractivity contribution in [2.75, 3.05) is 0 Å². The van der Waals surface area contributed by atoms with Gasteiger partial charge in [-0.2, -0.15) is 13.2 Å². The van der Waals surface area contributed by atoms with Crippen LogP contribution in [0.15, 0.2) is 46.6 Å². The number of aryl methyl sites for hydroxylation is 1. The Hall–Kier alpha value is -2.65. The molecule has 0 spiro atoms. The van der Waals surface area contributed by atoms with Crippen LogP contribution in [0.5, 0.6) is 0 Å². The van der Waals surface area contributed by atoms with E-state index in [2.05, 4.69) is 4.98 Å². The van der Waals surface area contributed by atoms with Gasteiger partial charge >= 0.3 is 12.1 Å². The van der Waals surface area contributed by atoms with E-state index in [0.29, 0.717) is 21.8 Å². The first-order valence-corrected chi connectivity index (χ1v) is 10.1. The summed E-state index contributed by atoms with van der Waals surface area (Å²) in [6, 6.07) is 9.35. The Morgan fingerprint density at radius 3 is 2.50 bits per heavy atom. The molecule has 3 aromatic rings. The van der Waals surface area contributed by atoms with Gasteiger partial charge in [0.15, 0.2) is 0 Å². The molecule has 0 unspecified atom stereocenters. The number of carbonyl (C=O) groups is 1. The summed E-state index contributed by atoms with van der Waals surface area (Å²) in [5, 5.41) is 11.2. The number of aromatic nitrogens is 2. The summed E-state index contributed by atoms with van der Waals surface area (Å²) < 4.78 is 39.1. The molecule has 0 fully saturated rings. The molecule has 0 radical (unpaired) electrons. The van der Waals surface area contributed by atoms with Crippen molar-refractivity contribution in [2.45, 2.75) is 32.0 Å². The molecule has 5 nitrogen and oxygen atoms in total. The minimum atomic E-state index is -4.30. The van der Waals surface area contributed by atoms with E-state index in [1.54, 1.807) is 29.6 Å². The minimum absolute atomic E-state index is 0.0257. The van der Waals surface area contributed by atoms with Crippen LogP contribution in [0, 0.1) is 0 Å². The average molecular weight is 457 g/mol. The zero-order chi connectivity index (χ0) is 21.9. The Morgan fingerprint density at radius 1 is 1.20 bits per heavy atom. The van der Waals surface area contributed by atoms with Crippen molar-refractivity contribution < 1.29 is 23.1 Å². The van der Waals surface area contributed by atoms with Crippen LogP contribution in [0.1, 0.15) is 33.9 Å². The molecule has 0 bridgehead atoms. The van der Waals surface area contributed by atoms with Gasteiger partial charge in [-0.1, -0.05) is 23.7 Å². The maximum Gasteiger partial charge on any atom is 0.389 e. The smallest absolute Gasteiger partial charge is 0.389 e. The molecule has 2 heterocycles. The molecular formula is C20H16ClF3N2O3S. The van der Waals surface area contributed by atoms with E-state index >= 15 is 0 Å². The molecule has 0 atom stereocenters. The molecule has 1 N–H and O–H groups in total. The van der Waals surface area contributed by atoms with Gasteiger partial charge in [-0.05, 0) is 35.6 Å². The second kappa shape index (κ2) is 9.01. The summed E-state index contributed by atoms with van der Waals surface area (Å²) in [7, 11) is 0. The molecule has 0 amide bonds. The van der Waals surface area contributed by atoms with Crippen LogP contribution in [0.3, 0.4) is 0 Å². The summed E-state index contributed by atoms with van der Waals surface area (Å²) in [5.74, 6) is -0.875. The second-order valence-corrected chi connectivity index (χ2v) is 7.93. The number of aromatic carboxylic acids is 1. The topological polar surface area (TPSA) is 72.2 Å². The fraction of sp³-hybridized carbons (Fsp3) is 0.250. The highest BCUT2D eigenvalue weighted by Gasteiger charge is 2.26. The van der Waals surface area contributed by atoms with Crippen LogP contribution in [-0.2, 0) is 13.0 Å². The Kier molecular flexibility index (Phi) is 6.62. The first-order valence-electron chi connectivity index (χ1n) is 8.86. The predicted molar refractivity (Wildman–Crippen MR) is 108 cm³/mol. The SMILES string of the molecule is O=C(O)c1cc(Cn2c(CCCC(F)(F)F)nc(-c3ccc(Cl)cc3)cc2=O)cs1. The lowest BCUT2D eigenvalue weighted by Gasteiger charge is -2.14. The Balaban J connectivity index is 1.97. The fourth-order valence-corrected chi connectivity index (χ4v) is 3.75. The van der Waals surface area contributed by atoms with E-state index in [9.17, 15) is 22.8 Å². The number of nitrogens with zero attached hydrogens (tertiary/aromatic N) is 2. The third-order valence-electron chi connectivity index (χ3n) is 4.29. The van der Waals surface area contributed by atoms with Crippen molar-refractivity contribution in [2.24, 2.45) is 0 Å². The van der Waals surface area contributed by atoms with Crippen LogP contribution in [0.25, 0.3) is 11.3 Å². The molecular weight excluding hydrogens is 441 g/mol. The molecule has 1 aromatic carbocycles. The number of halogens is 4. The van der Waals surface area contributed by atoms with Gasteiger partial charge in [0.25, 0.3) is 5.56 Å². The van der Waals surface area contributed by atoms with E-state index in [1.165, 1.54) is 16.7 Å². The molecule has 3 rings (SSSR count). The largest absolute Gasteiger partial charge is 0.477 e. The highest BCUT2D eigenvalue weighted by Crippen LogP contribution is 2.24. The average Bonchev–Trinajstić information content (AvgIpc) is 3.13. The van der Waals surface area contributed by atoms with Gasteiger partial charge in [0, 0.05) is 29.5 Å². The van der Waals surface area contributed by atoms with Crippen molar-refractivity contribution in [3.8, 4) is 11.3 Å². The van der Waals surface area contributed by atoms with E-state index in [1.807, 2.05) is 0 Å². The third-order valence-corrected chi connectivity index (χ3v) is 5.51. The first kappa shape index (κ1) is 22.0. The lowest BCUT2D eigenvalue weighted by atomic mass is 10.1. The summed E-state index contributed by atoms with van der Waals surface area (Å²) in [6.07, 6.45) is -5.56. The summed E-state index contributed by atoms with van der Waals surface area (Å²) in [4.78, 5) is 28.4. The minimum Gasteiger partial charge on any atom is -0.477 e. The van der Waals surface area contributed by atoms with Crippen molar-refractivity contribution in [1.29, 1.82) is 0 Å². The van der Waals surface area contributed by atoms with Gasteiger partial charge in [0.1, 0.15) is 10.7 Å². The molecule has 0 aliphatic heterocycles. The summed E-state index contributed by atoms with van der Waals surface area (Å²) in [5.41, 5.74) is 1.09. The molecule has 0 aliphatic carbocycles. The first-order chi connectivity index (χ1) is 14.1. The number of rotatable bonds is 7. The van der Waals surface area contributed by atoms with Crippen LogP contribution >= 0.6 is 22.9 Å². The second-order valence-electron chi connectivity index (χ2n) is 6.58. The van der Waals surface area contributed by atoms with Gasteiger partial charge < -0.3 is 5.11 Å². The maximum atomic E-state index is 12.8. The predicted octanol–water partition coefficient (Wildman–Crippen LogP) is 5.26. The van der Waals surface area contributed by atoms with Crippen molar-refractivity contribution >= 4 is 28.9 Å². The molecule has 0 saturated heterocycles. The normalized spacial score (nSPS) is 11.6. The lowest BCUT2D eigenvalue weighted by Crippen LogP contribution is -2.25. The fourth-order valence-electron chi connectivity index (χ4n) is 2.88. The third kappa shape index (κ3) is 5.70. The summed E-state index contributed by atoms with van der Waals surface area (Å²) >= 11 is 6.89. The van der Waals surface area contributed by atoms with Crippen molar-refractivity contribution in [1.82, 2.24) is 9.55 Å². The van der Waals surface area contributed by atoms with Gasteiger partial charge in [-0.3, -0.25) is 9.36 Å². The highest BCUT2D eigenvalue weighted by molar-refractivity contribution is 7.12. The zero-order valence-electron chi connectivity index (χ0n) is 15.4. The zero-order valence-corrected chi connectivity index (χ0v) is 17.0. The maximum absolute atomic E-state index is 12.8. The van der Waals surface area contributed by atoms with Crippen molar-refractivity contribution in [3.05, 3.63) is 73.4 Å². The Labute approximate surface area is 178 Å². The number of carboxylic acids is 1. The van der Waals surface area contributed by atoms with E-state index < -0.39 is 24.1 Å². The molecule has 2 aromatic heterocycles. The van der Waals surface area contributed by atoms with Gasteiger partial charge in [-0.25, -0.2) is 9.78 Å². The molecule has 0 aliphatic rings. The van der Waals surface area contributed by atoms with E-state index in [0.717, 1.165) is 11.3 Å². The molecule has 30 heavy (non-hydrogen) atoms. The van der Waals surface area contributed by atoms with Crippen LogP contribution in [0.4, 0.5) is 13.2 Å². The van der Waals surface area contributed by atoms with E-state index in [-0.39, 0.29) is 30.1 Å². The Morgan fingerprint density at radius 2 is 1.90 bits per heavy atom. The number of alkyl halides is 3. The number of thiophene rings is 1. The monoisotopic (exact) mass is 456 g/mol. The van der Waals surface area contributed by atoms with Crippen LogP contribution < -0.4 is 5.56 Å². The number of hydrogen-bond acceptors (Lipinski definition) is 4. The quantitative estimate of drug-likeness (QED) is 0.526. The molecule has 10 heteroatoms. The number of benzene rings is 1.